The summed E-state index contributed by atoms with van der Waals surface area (Å²) >= 11 is 0. The zero-order chi connectivity index (χ0) is 32.5. The normalized spacial score (nSPS) is 20.6. The number of rotatable bonds is 12. The van der Waals surface area contributed by atoms with Crippen LogP contribution in [0.25, 0.3) is 0 Å². The zero-order valence-corrected chi connectivity index (χ0v) is 25.6. The first-order valence-corrected chi connectivity index (χ1v) is 15.4. The molecule has 0 bridgehead atoms. The maximum atomic E-state index is 15.1. The van der Waals surface area contributed by atoms with E-state index in [1.165, 1.54) is 42.6 Å². The lowest BCUT2D eigenvalue weighted by atomic mass is 10.0. The molecule has 3 aromatic rings. The Morgan fingerprint density at radius 2 is 1.83 bits per heavy atom. The van der Waals surface area contributed by atoms with Crippen molar-refractivity contribution in [2.24, 2.45) is 0 Å². The number of halogens is 3. The van der Waals surface area contributed by atoms with Gasteiger partial charge in [-0.05, 0) is 74.8 Å². The van der Waals surface area contributed by atoms with Crippen LogP contribution in [0.2, 0.25) is 0 Å². The van der Waals surface area contributed by atoms with E-state index < -0.39 is 35.5 Å². The number of morpholine rings is 1. The highest BCUT2D eigenvalue weighted by atomic mass is 19.1. The van der Waals surface area contributed by atoms with Crippen LogP contribution in [0, 0.1) is 17.5 Å². The first-order valence-electron chi connectivity index (χ1n) is 15.4. The highest BCUT2D eigenvalue weighted by Crippen LogP contribution is 2.24. The number of ether oxygens (including phenoxy) is 2. The standard InChI is InChI=1S/C33H39F3N6O4/c1-42-13-12-25(18-42)40-33(44)46-20-26-19-45-27(15-38-26)10-11-28-29(36)16-37-17-31(28)41-30(14-21-2-4-22(34)5-3-21)32(43)39-24-8-6-23(35)7-9-24/h2-9,16-17,25-27,30,38,41H,10-15,18-20H2,1H3,(H,39,43)(H,40,44)/t25?,26-,27+,30-/m0/s1. The highest BCUT2D eigenvalue weighted by Gasteiger charge is 2.26. The van der Waals surface area contributed by atoms with Crippen molar-refractivity contribution in [3.8, 4) is 0 Å². The number of aromatic nitrogens is 1. The first-order chi connectivity index (χ1) is 22.2. The van der Waals surface area contributed by atoms with Crippen LogP contribution in [0.5, 0.6) is 0 Å². The number of likely N-dealkylation sites (tertiary alicyclic amines) is 1. The molecule has 2 fully saturated rings. The molecule has 0 radical (unpaired) electrons. The Balaban J connectivity index is 1.16. The minimum Gasteiger partial charge on any atom is -0.448 e. The molecular formula is C33H39F3N6O4. The average Bonchev–Trinajstić information content (AvgIpc) is 3.46. The zero-order valence-electron chi connectivity index (χ0n) is 25.6. The summed E-state index contributed by atoms with van der Waals surface area (Å²) in [4.78, 5) is 31.7. The lowest BCUT2D eigenvalue weighted by Crippen LogP contribution is -2.49. The van der Waals surface area contributed by atoms with E-state index in [2.05, 4.69) is 31.2 Å². The second-order valence-corrected chi connectivity index (χ2v) is 11.8. The van der Waals surface area contributed by atoms with Gasteiger partial charge in [0.2, 0.25) is 5.91 Å². The molecule has 4 atom stereocenters. The number of nitrogens with one attached hydrogen (secondary N) is 4. The quantitative estimate of drug-likeness (QED) is 0.236. The van der Waals surface area contributed by atoms with Gasteiger partial charge in [-0.1, -0.05) is 12.1 Å². The summed E-state index contributed by atoms with van der Waals surface area (Å²) in [5.74, 6) is -1.81. The van der Waals surface area contributed by atoms with Gasteiger partial charge in [-0.2, -0.15) is 0 Å². The van der Waals surface area contributed by atoms with Gasteiger partial charge in [0.25, 0.3) is 0 Å². The minimum atomic E-state index is -0.891. The maximum Gasteiger partial charge on any atom is 0.407 e. The number of nitrogens with zero attached hydrogens (tertiary/aromatic N) is 2. The molecule has 2 saturated heterocycles. The van der Waals surface area contributed by atoms with Gasteiger partial charge in [0.05, 0.1) is 36.8 Å². The van der Waals surface area contributed by atoms with Gasteiger partial charge in [-0.3, -0.25) is 9.78 Å². The van der Waals surface area contributed by atoms with Crippen LogP contribution >= 0.6 is 0 Å². The van der Waals surface area contributed by atoms with E-state index in [1.807, 2.05) is 7.05 Å². The van der Waals surface area contributed by atoms with Gasteiger partial charge < -0.3 is 35.6 Å². The SMILES string of the molecule is CN1CCC(NC(=O)OC[C@@H]2CO[C@H](CCc3c(F)cncc3N[C@@H](Cc3ccc(F)cc3)C(=O)Nc3ccc(F)cc3)CN2)C1. The van der Waals surface area contributed by atoms with Gasteiger partial charge in [-0.25, -0.2) is 18.0 Å². The Hall–Kier alpha value is -4.20. The van der Waals surface area contributed by atoms with Gasteiger partial charge in [0.1, 0.15) is 30.1 Å². The fourth-order valence-electron chi connectivity index (χ4n) is 5.56. The van der Waals surface area contributed by atoms with E-state index in [0.29, 0.717) is 48.5 Å². The summed E-state index contributed by atoms with van der Waals surface area (Å²) in [7, 11) is 2.01. The molecule has 2 aromatic carbocycles. The van der Waals surface area contributed by atoms with Gasteiger partial charge in [-0.15, -0.1) is 0 Å². The fourth-order valence-corrected chi connectivity index (χ4v) is 5.56. The number of hydrogen-bond donors (Lipinski definition) is 4. The monoisotopic (exact) mass is 640 g/mol. The number of benzene rings is 2. The third-order valence-corrected chi connectivity index (χ3v) is 8.13. The van der Waals surface area contributed by atoms with Crippen molar-refractivity contribution in [1.29, 1.82) is 0 Å². The first kappa shape index (κ1) is 33.2. The molecule has 13 heteroatoms. The predicted molar refractivity (Wildman–Crippen MR) is 167 cm³/mol. The summed E-state index contributed by atoms with van der Waals surface area (Å²) in [6.45, 7) is 2.73. The maximum absolute atomic E-state index is 15.1. The largest absolute Gasteiger partial charge is 0.448 e. The molecular weight excluding hydrogens is 601 g/mol. The molecule has 0 spiro atoms. The van der Waals surface area contributed by atoms with Crippen LogP contribution in [0.1, 0.15) is 24.0 Å². The molecule has 2 aliphatic heterocycles. The molecule has 1 unspecified atom stereocenters. The molecule has 10 nitrogen and oxygen atoms in total. The lowest BCUT2D eigenvalue weighted by molar-refractivity contribution is -0.116. The van der Waals surface area contributed by atoms with E-state index in [9.17, 15) is 18.4 Å². The number of alkyl carbamates (subject to hydrolysis) is 1. The lowest BCUT2D eigenvalue weighted by Gasteiger charge is -2.30. The third kappa shape index (κ3) is 9.65. The summed E-state index contributed by atoms with van der Waals surface area (Å²) in [5, 5.41) is 12.1. The van der Waals surface area contributed by atoms with Gasteiger partial charge >= 0.3 is 6.09 Å². The van der Waals surface area contributed by atoms with Crippen LogP contribution in [-0.2, 0) is 27.1 Å². The Morgan fingerprint density at radius 1 is 1.09 bits per heavy atom. The Kier molecular flexibility index (Phi) is 11.4. The highest BCUT2D eigenvalue weighted by molar-refractivity contribution is 5.96. The topological polar surface area (TPSA) is 117 Å². The summed E-state index contributed by atoms with van der Waals surface area (Å²) < 4.78 is 53.4. The molecule has 3 heterocycles. The van der Waals surface area contributed by atoms with E-state index in [0.717, 1.165) is 25.7 Å². The van der Waals surface area contributed by atoms with E-state index in [-0.39, 0.29) is 31.2 Å². The molecule has 246 valence electrons. The van der Waals surface area contributed by atoms with Crippen molar-refractivity contribution >= 4 is 23.4 Å². The van der Waals surface area contributed by atoms with Gasteiger partial charge in [0.15, 0.2) is 0 Å². The number of anilines is 2. The van der Waals surface area contributed by atoms with Crippen LogP contribution in [0.3, 0.4) is 0 Å². The van der Waals surface area contributed by atoms with Crippen molar-refractivity contribution in [2.75, 3.05) is 50.5 Å². The molecule has 4 N–H and O–H groups in total. The minimum absolute atomic E-state index is 0.0905. The molecule has 2 aliphatic rings. The molecule has 0 aliphatic carbocycles. The van der Waals surface area contributed by atoms with Gasteiger partial charge in [0, 0.05) is 36.8 Å². The van der Waals surface area contributed by atoms with E-state index >= 15 is 4.39 Å². The summed E-state index contributed by atoms with van der Waals surface area (Å²) in [6, 6.07) is 10.1. The average molecular weight is 641 g/mol. The number of carbonyl (C=O) groups is 2. The second-order valence-electron chi connectivity index (χ2n) is 11.8. The van der Waals surface area contributed by atoms with Crippen LogP contribution in [-0.4, -0.2) is 86.0 Å². The van der Waals surface area contributed by atoms with E-state index in [4.69, 9.17) is 9.47 Å². The number of pyridine rings is 1. The van der Waals surface area contributed by atoms with Crippen molar-refractivity contribution in [3.63, 3.8) is 0 Å². The summed E-state index contributed by atoms with van der Waals surface area (Å²) in [5.41, 5.74) is 1.76. The Labute approximate surface area is 266 Å². The number of carbonyl (C=O) groups excluding carboxylic acids is 2. The van der Waals surface area contributed by atoms with Crippen LogP contribution < -0.4 is 21.3 Å². The van der Waals surface area contributed by atoms with Crippen molar-refractivity contribution in [1.82, 2.24) is 20.5 Å². The second kappa shape index (κ2) is 15.9. The summed E-state index contributed by atoms with van der Waals surface area (Å²) in [6.07, 6.45) is 3.77. The van der Waals surface area contributed by atoms with E-state index in [1.54, 1.807) is 12.1 Å². The van der Waals surface area contributed by atoms with Crippen molar-refractivity contribution in [2.45, 2.75) is 49.9 Å². The predicted octanol–water partition coefficient (Wildman–Crippen LogP) is 3.88. The number of amides is 2. The molecule has 5 rings (SSSR count). The molecule has 1 aromatic heterocycles. The molecule has 2 amide bonds. The number of likely N-dealkylation sites (N-methyl/N-ethyl adjacent to an activating group) is 1. The van der Waals surface area contributed by atoms with Crippen LogP contribution in [0.15, 0.2) is 60.9 Å². The van der Waals surface area contributed by atoms with Crippen molar-refractivity contribution in [3.05, 3.63) is 89.5 Å². The van der Waals surface area contributed by atoms with Crippen molar-refractivity contribution < 1.29 is 32.2 Å². The molecule has 0 saturated carbocycles. The molecule has 46 heavy (non-hydrogen) atoms. The Morgan fingerprint density at radius 3 is 2.50 bits per heavy atom. The van der Waals surface area contributed by atoms with Crippen LogP contribution in [0.4, 0.5) is 29.3 Å². The third-order valence-electron chi connectivity index (χ3n) is 8.13. The smallest absolute Gasteiger partial charge is 0.407 e. The number of hydrogen-bond acceptors (Lipinski definition) is 8. The Bertz CT molecular complexity index is 1450. The fraction of sp³-hybridized carbons (Fsp3) is 0.424.